The van der Waals surface area contributed by atoms with Crippen molar-refractivity contribution in [3.63, 3.8) is 0 Å². The minimum atomic E-state index is -1.68. The Labute approximate surface area is 112 Å². The summed E-state index contributed by atoms with van der Waals surface area (Å²) < 4.78 is 9.49. The zero-order valence-corrected chi connectivity index (χ0v) is 11.8. The van der Waals surface area contributed by atoms with E-state index in [4.69, 9.17) is 9.47 Å². The van der Waals surface area contributed by atoms with Crippen LogP contribution in [0.4, 0.5) is 0 Å². The summed E-state index contributed by atoms with van der Waals surface area (Å²) in [6, 6.07) is 0. The van der Waals surface area contributed by atoms with E-state index in [9.17, 15) is 19.2 Å². The topological polar surface area (TPSA) is 86.7 Å². The summed E-state index contributed by atoms with van der Waals surface area (Å²) in [5.74, 6) is -2.45. The van der Waals surface area contributed by atoms with Crippen molar-refractivity contribution < 1.29 is 28.7 Å². The Morgan fingerprint density at radius 3 is 1.32 bits per heavy atom. The van der Waals surface area contributed by atoms with Crippen molar-refractivity contribution in [1.82, 2.24) is 0 Å². The third kappa shape index (κ3) is 4.81. The number of hydrogen-bond donors (Lipinski definition) is 0. The molecule has 0 aromatic carbocycles. The van der Waals surface area contributed by atoms with Gasteiger partial charge in [0, 0.05) is 0 Å². The monoisotopic (exact) mass is 272 g/mol. The standard InChI is InChI=1S/C13H20O6/c1-5-18-11(16)7-13(9(3)14,10(4)15)8-12(17)19-6-2/h5-8H2,1-4H3. The van der Waals surface area contributed by atoms with E-state index in [1.54, 1.807) is 13.8 Å². The number of Topliss-reactive ketones (excluding diaryl/α,β-unsaturated/α-hetero) is 2. The summed E-state index contributed by atoms with van der Waals surface area (Å²) in [5, 5.41) is 0. The smallest absolute Gasteiger partial charge is 0.307 e. The largest absolute Gasteiger partial charge is 0.466 e. The molecular formula is C13H20O6. The molecule has 0 aliphatic carbocycles. The summed E-state index contributed by atoms with van der Waals surface area (Å²) in [5.41, 5.74) is -1.68. The normalized spacial score (nSPS) is 10.7. The van der Waals surface area contributed by atoms with Crippen molar-refractivity contribution in [2.45, 2.75) is 40.5 Å². The number of ether oxygens (including phenoxy) is 2. The van der Waals surface area contributed by atoms with E-state index in [2.05, 4.69) is 0 Å². The average molecular weight is 272 g/mol. The Kier molecular flexibility index (Phi) is 6.96. The molecule has 0 unspecified atom stereocenters. The molecule has 6 heteroatoms. The Morgan fingerprint density at radius 1 is 0.789 bits per heavy atom. The van der Waals surface area contributed by atoms with Crippen LogP contribution in [-0.4, -0.2) is 36.7 Å². The van der Waals surface area contributed by atoms with Crippen molar-refractivity contribution in [3.05, 3.63) is 0 Å². The summed E-state index contributed by atoms with van der Waals surface area (Å²) in [6.07, 6.45) is -0.880. The second-order valence-corrected chi connectivity index (χ2v) is 4.16. The highest BCUT2D eigenvalue weighted by atomic mass is 16.5. The van der Waals surface area contributed by atoms with E-state index in [0.29, 0.717) is 0 Å². The van der Waals surface area contributed by atoms with Crippen molar-refractivity contribution >= 4 is 23.5 Å². The van der Waals surface area contributed by atoms with Gasteiger partial charge in [0.05, 0.1) is 26.1 Å². The molecule has 0 aromatic rings. The van der Waals surface area contributed by atoms with Gasteiger partial charge in [-0.15, -0.1) is 0 Å². The van der Waals surface area contributed by atoms with Crippen LogP contribution < -0.4 is 0 Å². The first-order valence-corrected chi connectivity index (χ1v) is 6.13. The number of ketones is 2. The van der Waals surface area contributed by atoms with E-state index in [-0.39, 0.29) is 13.2 Å². The second kappa shape index (κ2) is 7.66. The summed E-state index contributed by atoms with van der Waals surface area (Å²) in [6.45, 7) is 5.88. The minimum absolute atomic E-state index is 0.143. The maximum atomic E-state index is 11.8. The molecular weight excluding hydrogens is 252 g/mol. The quantitative estimate of drug-likeness (QED) is 0.485. The van der Waals surface area contributed by atoms with E-state index >= 15 is 0 Å². The fraction of sp³-hybridized carbons (Fsp3) is 0.692. The van der Waals surface area contributed by atoms with Gasteiger partial charge in [-0.05, 0) is 27.7 Å². The third-order valence-electron chi connectivity index (χ3n) is 2.85. The second-order valence-electron chi connectivity index (χ2n) is 4.16. The molecule has 0 aliphatic heterocycles. The van der Waals surface area contributed by atoms with Crippen LogP contribution in [-0.2, 0) is 28.7 Å². The maximum Gasteiger partial charge on any atom is 0.307 e. The van der Waals surface area contributed by atoms with E-state index in [1.165, 1.54) is 13.8 Å². The van der Waals surface area contributed by atoms with Crippen LogP contribution in [0.2, 0.25) is 0 Å². The third-order valence-corrected chi connectivity index (χ3v) is 2.85. The molecule has 0 bridgehead atoms. The number of rotatable bonds is 8. The van der Waals surface area contributed by atoms with Crippen LogP contribution in [0.25, 0.3) is 0 Å². The van der Waals surface area contributed by atoms with Crippen molar-refractivity contribution in [3.8, 4) is 0 Å². The van der Waals surface area contributed by atoms with E-state index in [1.807, 2.05) is 0 Å². The van der Waals surface area contributed by atoms with Gasteiger partial charge in [-0.25, -0.2) is 0 Å². The van der Waals surface area contributed by atoms with Crippen LogP contribution in [0.1, 0.15) is 40.5 Å². The molecule has 108 valence electrons. The van der Waals surface area contributed by atoms with Gasteiger partial charge < -0.3 is 9.47 Å². The van der Waals surface area contributed by atoms with Gasteiger partial charge in [0.25, 0.3) is 0 Å². The minimum Gasteiger partial charge on any atom is -0.466 e. The fourth-order valence-corrected chi connectivity index (χ4v) is 1.73. The molecule has 0 amide bonds. The van der Waals surface area contributed by atoms with E-state index < -0.39 is 41.8 Å². The number of carbonyl (C=O) groups is 4. The Bertz CT molecular complexity index is 335. The lowest BCUT2D eigenvalue weighted by Gasteiger charge is -2.26. The molecule has 0 saturated carbocycles. The molecule has 0 aromatic heterocycles. The predicted molar refractivity (Wildman–Crippen MR) is 66.3 cm³/mol. The van der Waals surface area contributed by atoms with Crippen molar-refractivity contribution in [1.29, 1.82) is 0 Å². The van der Waals surface area contributed by atoms with E-state index in [0.717, 1.165) is 0 Å². The molecule has 0 spiro atoms. The Balaban J connectivity index is 5.20. The van der Waals surface area contributed by atoms with Crippen LogP contribution >= 0.6 is 0 Å². The van der Waals surface area contributed by atoms with Crippen LogP contribution in [0, 0.1) is 5.41 Å². The first-order chi connectivity index (χ1) is 8.80. The van der Waals surface area contributed by atoms with Gasteiger partial charge >= 0.3 is 11.9 Å². The first kappa shape index (κ1) is 17.3. The first-order valence-electron chi connectivity index (χ1n) is 6.13. The van der Waals surface area contributed by atoms with Gasteiger partial charge in [0.15, 0.2) is 0 Å². The molecule has 19 heavy (non-hydrogen) atoms. The Hall–Kier alpha value is -1.72. The lowest BCUT2D eigenvalue weighted by Crippen LogP contribution is -2.41. The number of carbonyl (C=O) groups excluding carboxylic acids is 4. The number of esters is 2. The van der Waals surface area contributed by atoms with Gasteiger partial charge in [0.1, 0.15) is 17.0 Å². The van der Waals surface area contributed by atoms with Crippen LogP contribution in [0.15, 0.2) is 0 Å². The van der Waals surface area contributed by atoms with Crippen molar-refractivity contribution in [2.24, 2.45) is 5.41 Å². The molecule has 0 aliphatic rings. The lowest BCUT2D eigenvalue weighted by atomic mass is 9.74. The number of hydrogen-bond acceptors (Lipinski definition) is 6. The predicted octanol–water partition coefficient (Wildman–Crippen LogP) is 1.06. The highest BCUT2D eigenvalue weighted by Crippen LogP contribution is 2.30. The molecule has 0 fully saturated rings. The molecule has 0 heterocycles. The molecule has 0 radical (unpaired) electrons. The van der Waals surface area contributed by atoms with Crippen molar-refractivity contribution in [2.75, 3.05) is 13.2 Å². The molecule has 0 atom stereocenters. The summed E-state index contributed by atoms with van der Waals surface area (Å²) >= 11 is 0. The maximum absolute atomic E-state index is 11.8. The summed E-state index contributed by atoms with van der Waals surface area (Å²) in [7, 11) is 0. The highest BCUT2D eigenvalue weighted by Gasteiger charge is 2.45. The lowest BCUT2D eigenvalue weighted by molar-refractivity contribution is -0.159. The van der Waals surface area contributed by atoms with Gasteiger partial charge in [-0.3, -0.25) is 19.2 Å². The SMILES string of the molecule is CCOC(=O)CC(CC(=O)OCC)(C(C)=O)C(C)=O. The molecule has 6 nitrogen and oxygen atoms in total. The summed E-state index contributed by atoms with van der Waals surface area (Å²) in [4.78, 5) is 46.6. The highest BCUT2D eigenvalue weighted by molar-refractivity contribution is 6.09. The zero-order valence-electron chi connectivity index (χ0n) is 11.8. The molecule has 0 rings (SSSR count). The zero-order chi connectivity index (χ0) is 15.1. The average Bonchev–Trinajstić information content (AvgIpc) is 2.27. The van der Waals surface area contributed by atoms with Crippen LogP contribution in [0.3, 0.4) is 0 Å². The fourth-order valence-electron chi connectivity index (χ4n) is 1.73. The van der Waals surface area contributed by atoms with Gasteiger partial charge in [-0.1, -0.05) is 0 Å². The molecule has 0 N–H and O–H groups in total. The van der Waals surface area contributed by atoms with Crippen LogP contribution in [0.5, 0.6) is 0 Å². The van der Waals surface area contributed by atoms with Gasteiger partial charge in [0.2, 0.25) is 0 Å². The van der Waals surface area contributed by atoms with Gasteiger partial charge in [-0.2, -0.15) is 0 Å². The molecule has 0 saturated heterocycles. The Morgan fingerprint density at radius 2 is 1.11 bits per heavy atom.